The molecule has 2 heterocycles. The lowest BCUT2D eigenvalue weighted by Gasteiger charge is -2.24. The number of fused-ring (bicyclic) bond motifs is 1. The molecule has 1 amide bonds. The Morgan fingerprint density at radius 3 is 2.62 bits per heavy atom. The van der Waals surface area contributed by atoms with Gasteiger partial charge in [-0.25, -0.2) is 13.6 Å². The van der Waals surface area contributed by atoms with Gasteiger partial charge in [0.2, 0.25) is 0 Å². The van der Waals surface area contributed by atoms with Crippen LogP contribution in [-0.4, -0.2) is 41.6 Å². The number of halogens is 3. The molecule has 172 valence electrons. The van der Waals surface area contributed by atoms with E-state index in [4.69, 9.17) is 16.3 Å². The van der Waals surface area contributed by atoms with Crippen LogP contribution in [0.25, 0.3) is 10.9 Å². The molecule has 1 spiro atoms. The van der Waals surface area contributed by atoms with E-state index in [1.165, 1.54) is 18.3 Å². The van der Waals surface area contributed by atoms with E-state index in [2.05, 4.69) is 5.32 Å². The van der Waals surface area contributed by atoms with Gasteiger partial charge in [0, 0.05) is 37.2 Å². The first-order valence-corrected chi connectivity index (χ1v) is 11.3. The molecule has 1 aromatic heterocycles. The van der Waals surface area contributed by atoms with Crippen molar-refractivity contribution in [1.82, 2.24) is 9.88 Å². The Bertz CT molecular complexity index is 1170. The monoisotopic (exact) mass is 465 g/mol. The number of aromatic nitrogens is 1. The molecule has 3 fully saturated rings. The fourth-order valence-electron chi connectivity index (χ4n) is 4.81. The number of ether oxygens (including phenoxy) is 1. The predicted octanol–water partition coefficient (Wildman–Crippen LogP) is 4.57. The van der Waals surface area contributed by atoms with Crippen LogP contribution in [0.1, 0.15) is 46.1 Å². The standard InChI is InChI=1S/C23H26ClF2N3O3/c1-22(2,3)32-21(31)27-17-10-28(11-23(17)5-6-23)20-14(26)8-12-16(30)4-7-29(15-9-13(15)25)19(12)18(20)24/h4,7-8,13,15,17H,5-6,9-11H2,1-3H3,(H,27,31)/t13?,15?,17-/m1/s1. The summed E-state index contributed by atoms with van der Waals surface area (Å²) in [4.78, 5) is 26.6. The zero-order valence-corrected chi connectivity index (χ0v) is 19.0. The third-order valence-corrected chi connectivity index (χ3v) is 7.02. The third kappa shape index (κ3) is 3.62. The number of hydrogen-bond donors (Lipinski definition) is 1. The molecule has 1 saturated heterocycles. The molecule has 9 heteroatoms. The Morgan fingerprint density at radius 1 is 1.34 bits per heavy atom. The maximum absolute atomic E-state index is 15.3. The number of anilines is 1. The number of nitrogens with one attached hydrogen (secondary N) is 1. The van der Waals surface area contributed by atoms with Gasteiger partial charge < -0.3 is 19.5 Å². The fourth-order valence-corrected chi connectivity index (χ4v) is 5.22. The molecule has 1 N–H and O–H groups in total. The Kier molecular flexibility index (Phi) is 4.75. The molecule has 6 nitrogen and oxygen atoms in total. The molecular formula is C23H26ClF2N3O3. The number of benzene rings is 1. The number of nitrogens with zero attached hydrogens (tertiary/aromatic N) is 2. The average molecular weight is 466 g/mol. The summed E-state index contributed by atoms with van der Waals surface area (Å²) in [6.45, 7) is 6.29. The van der Waals surface area contributed by atoms with E-state index >= 15 is 4.39 Å². The average Bonchev–Trinajstić information content (AvgIpc) is 3.56. The molecule has 1 aliphatic heterocycles. The molecule has 2 aromatic rings. The molecule has 0 radical (unpaired) electrons. The van der Waals surface area contributed by atoms with Gasteiger partial charge in [-0.3, -0.25) is 4.79 Å². The molecule has 5 rings (SSSR count). The zero-order valence-electron chi connectivity index (χ0n) is 18.3. The van der Waals surface area contributed by atoms with Crippen LogP contribution in [0.15, 0.2) is 23.1 Å². The van der Waals surface area contributed by atoms with Crippen LogP contribution in [0.5, 0.6) is 0 Å². The number of hydrogen-bond acceptors (Lipinski definition) is 4. The SMILES string of the molecule is CC(C)(C)OC(=O)N[C@@H]1CN(c2c(F)cc3c(=O)ccn(C4CC4F)c3c2Cl)CC12CC2. The normalized spacial score (nSPS) is 25.9. The maximum Gasteiger partial charge on any atom is 0.407 e. The number of alkyl carbamates (subject to hydrolysis) is 1. The highest BCUT2D eigenvalue weighted by molar-refractivity contribution is 6.38. The number of amides is 1. The van der Waals surface area contributed by atoms with Crippen molar-refractivity contribution in [3.63, 3.8) is 0 Å². The molecule has 3 atom stereocenters. The smallest absolute Gasteiger partial charge is 0.407 e. The first-order valence-electron chi connectivity index (χ1n) is 10.9. The van der Waals surface area contributed by atoms with Gasteiger partial charge in [0.05, 0.1) is 33.7 Å². The molecule has 2 saturated carbocycles. The van der Waals surface area contributed by atoms with Gasteiger partial charge in [0.15, 0.2) is 5.43 Å². The maximum atomic E-state index is 15.3. The second-order valence-corrected chi connectivity index (χ2v) is 10.6. The number of carbonyl (C=O) groups is 1. The highest BCUT2D eigenvalue weighted by atomic mass is 35.5. The van der Waals surface area contributed by atoms with Crippen molar-refractivity contribution in [1.29, 1.82) is 0 Å². The Morgan fingerprint density at radius 2 is 2.03 bits per heavy atom. The Balaban J connectivity index is 1.50. The summed E-state index contributed by atoms with van der Waals surface area (Å²) in [5, 5.41) is 3.19. The zero-order chi connectivity index (χ0) is 23.0. The van der Waals surface area contributed by atoms with Crippen LogP contribution in [0.2, 0.25) is 5.02 Å². The van der Waals surface area contributed by atoms with Gasteiger partial charge in [-0.05, 0) is 39.7 Å². The summed E-state index contributed by atoms with van der Waals surface area (Å²) in [6.07, 6.45) is 2.18. The molecular weight excluding hydrogens is 440 g/mol. The molecule has 2 aliphatic carbocycles. The van der Waals surface area contributed by atoms with Crippen LogP contribution in [-0.2, 0) is 4.74 Å². The predicted molar refractivity (Wildman–Crippen MR) is 119 cm³/mol. The van der Waals surface area contributed by atoms with Gasteiger partial charge >= 0.3 is 6.09 Å². The van der Waals surface area contributed by atoms with Crippen molar-refractivity contribution < 1.29 is 18.3 Å². The van der Waals surface area contributed by atoms with Crippen LogP contribution < -0.4 is 15.6 Å². The van der Waals surface area contributed by atoms with Gasteiger partial charge in [-0.1, -0.05) is 11.6 Å². The lowest BCUT2D eigenvalue weighted by Crippen LogP contribution is -2.44. The second kappa shape index (κ2) is 7.07. The summed E-state index contributed by atoms with van der Waals surface area (Å²) in [5.74, 6) is -0.598. The van der Waals surface area contributed by atoms with Crippen LogP contribution >= 0.6 is 11.6 Å². The van der Waals surface area contributed by atoms with Crippen LogP contribution in [0.3, 0.4) is 0 Å². The molecule has 3 aliphatic rings. The summed E-state index contributed by atoms with van der Waals surface area (Å²) < 4.78 is 36.1. The summed E-state index contributed by atoms with van der Waals surface area (Å²) in [6, 6.07) is 1.90. The van der Waals surface area contributed by atoms with E-state index in [1.54, 1.807) is 25.3 Å². The molecule has 32 heavy (non-hydrogen) atoms. The Hall–Kier alpha value is -2.35. The molecule has 2 unspecified atom stereocenters. The van der Waals surface area contributed by atoms with E-state index in [0.717, 1.165) is 12.8 Å². The van der Waals surface area contributed by atoms with Crippen molar-refractivity contribution in [3.8, 4) is 0 Å². The Labute approximate surface area is 189 Å². The quantitative estimate of drug-likeness (QED) is 0.721. The topological polar surface area (TPSA) is 63.6 Å². The number of pyridine rings is 1. The van der Waals surface area contributed by atoms with E-state index in [-0.39, 0.29) is 33.0 Å². The fraction of sp³-hybridized carbons (Fsp3) is 0.565. The van der Waals surface area contributed by atoms with Crippen LogP contribution in [0.4, 0.5) is 19.3 Å². The minimum absolute atomic E-state index is 0.102. The number of rotatable bonds is 3. The lowest BCUT2D eigenvalue weighted by molar-refractivity contribution is 0.0493. The van der Waals surface area contributed by atoms with E-state index in [1.807, 2.05) is 4.90 Å². The van der Waals surface area contributed by atoms with E-state index < -0.39 is 29.7 Å². The minimum atomic E-state index is -1.01. The van der Waals surface area contributed by atoms with Gasteiger partial charge in [0.25, 0.3) is 0 Å². The largest absolute Gasteiger partial charge is 0.444 e. The summed E-state index contributed by atoms with van der Waals surface area (Å²) in [7, 11) is 0. The minimum Gasteiger partial charge on any atom is -0.444 e. The molecule has 0 bridgehead atoms. The van der Waals surface area contributed by atoms with E-state index in [9.17, 15) is 14.0 Å². The van der Waals surface area contributed by atoms with Crippen molar-refractivity contribution in [2.24, 2.45) is 5.41 Å². The lowest BCUT2D eigenvalue weighted by atomic mass is 10.0. The van der Waals surface area contributed by atoms with Crippen molar-refractivity contribution in [2.75, 3.05) is 18.0 Å². The number of carbonyl (C=O) groups excluding carboxylic acids is 1. The van der Waals surface area contributed by atoms with Gasteiger partial charge in [0.1, 0.15) is 17.6 Å². The summed E-state index contributed by atoms with van der Waals surface area (Å²) >= 11 is 6.70. The van der Waals surface area contributed by atoms with Gasteiger partial charge in [-0.15, -0.1) is 0 Å². The highest BCUT2D eigenvalue weighted by Crippen LogP contribution is 2.55. The van der Waals surface area contributed by atoms with Crippen molar-refractivity contribution in [2.45, 2.75) is 63.9 Å². The first-order chi connectivity index (χ1) is 15.0. The van der Waals surface area contributed by atoms with Crippen molar-refractivity contribution in [3.05, 3.63) is 39.4 Å². The highest BCUT2D eigenvalue weighted by Gasteiger charge is 2.56. The van der Waals surface area contributed by atoms with E-state index in [0.29, 0.717) is 25.0 Å². The van der Waals surface area contributed by atoms with Crippen molar-refractivity contribution >= 4 is 34.3 Å². The third-order valence-electron chi connectivity index (χ3n) is 6.66. The molecule has 1 aromatic carbocycles. The second-order valence-electron chi connectivity index (χ2n) is 10.3. The summed E-state index contributed by atoms with van der Waals surface area (Å²) in [5.41, 5.74) is -0.584. The number of alkyl halides is 1. The van der Waals surface area contributed by atoms with Gasteiger partial charge in [-0.2, -0.15) is 0 Å². The van der Waals surface area contributed by atoms with Crippen LogP contribution in [0, 0.1) is 11.2 Å². The first kappa shape index (κ1) is 21.5.